The molecule has 47 heavy (non-hydrogen) atoms. The highest BCUT2D eigenvalue weighted by molar-refractivity contribution is 6.26. The van der Waals surface area contributed by atoms with E-state index in [1.807, 2.05) is 6.08 Å². The lowest BCUT2D eigenvalue weighted by Crippen LogP contribution is -2.56. The van der Waals surface area contributed by atoms with Gasteiger partial charge in [0.1, 0.15) is 23.0 Å². The number of carbonyl (C=O) groups excluding carboxylic acids is 3. The van der Waals surface area contributed by atoms with Crippen LogP contribution in [0.1, 0.15) is 64.7 Å². The number of methoxy groups -OCH3 is 1. The van der Waals surface area contributed by atoms with Gasteiger partial charge < -0.3 is 24.3 Å². The Morgan fingerprint density at radius 2 is 1.47 bits per heavy atom. The van der Waals surface area contributed by atoms with Gasteiger partial charge >= 0.3 is 17.7 Å². The maximum Gasteiger partial charge on any atom is 0.399 e. The number of amides is 1. The quantitative estimate of drug-likeness (QED) is 0.0519. The van der Waals surface area contributed by atoms with Gasteiger partial charge in [0.2, 0.25) is 0 Å². The molecule has 0 aromatic heterocycles. The third-order valence-electron chi connectivity index (χ3n) is 7.80. The first-order valence-electron chi connectivity index (χ1n) is 15.4. The third kappa shape index (κ3) is 8.43. The lowest BCUT2D eigenvalue weighted by atomic mass is 9.66. The van der Waals surface area contributed by atoms with Crippen LogP contribution in [-0.4, -0.2) is 35.4 Å². The first-order chi connectivity index (χ1) is 22.1. The van der Waals surface area contributed by atoms with E-state index in [1.165, 1.54) is 44.4 Å². The molecule has 0 spiro atoms. The number of Topliss-reactive ketones (excluding diaryl/α,β-unsaturated/α-hetero) is 1. The summed E-state index contributed by atoms with van der Waals surface area (Å²) in [6.07, 6.45) is 6.52. The maximum atomic E-state index is 14.7. The molecule has 0 saturated heterocycles. The number of allylic oxidation sites excluding steroid dienone is 3. The van der Waals surface area contributed by atoms with Crippen molar-refractivity contribution in [2.75, 3.05) is 12.4 Å². The average Bonchev–Trinajstić information content (AvgIpc) is 3.01. The second-order valence-electron chi connectivity index (χ2n) is 13.4. The number of benzene rings is 3. The highest BCUT2D eigenvalue weighted by atomic mass is 35.5. The Balaban J connectivity index is 1.82. The minimum Gasteiger partial charge on any atom is -0.496 e. The Kier molecular flexibility index (Phi) is 10.6. The zero-order valence-electron chi connectivity index (χ0n) is 27.9. The van der Waals surface area contributed by atoms with Crippen molar-refractivity contribution < 1.29 is 33.3 Å². The van der Waals surface area contributed by atoms with Crippen molar-refractivity contribution in [3.63, 3.8) is 0 Å². The molecule has 1 aliphatic carbocycles. The van der Waals surface area contributed by atoms with Gasteiger partial charge in [-0.3, -0.25) is 14.4 Å². The standard InChI is InChI=1S/C38H42ClNO7/c1-26(41)45-28-17-19-29(20-18-28)46-38(34(43)40-27-13-9-8-10-14-27,33(42)31-15-11-12-16-32(31)44-7)47-30-21-23-37(39,24-22-30)36(5,6)25-35(2,3)4/h8-23H,24-25H2,1-7H3,(H,40,43). The van der Waals surface area contributed by atoms with Crippen molar-refractivity contribution in [2.24, 2.45) is 10.8 Å². The summed E-state index contributed by atoms with van der Waals surface area (Å²) in [5, 5.41) is 2.79. The first kappa shape index (κ1) is 35.3. The van der Waals surface area contributed by atoms with Crippen molar-refractivity contribution >= 4 is 34.9 Å². The fraction of sp³-hybridized carbons (Fsp3) is 0.342. The van der Waals surface area contributed by atoms with E-state index in [4.69, 9.17) is 30.5 Å². The molecule has 3 aromatic rings. The molecule has 0 saturated carbocycles. The lowest BCUT2D eigenvalue weighted by molar-refractivity contribution is -0.159. The molecule has 2 atom stereocenters. The molecule has 9 heteroatoms. The van der Waals surface area contributed by atoms with Crippen molar-refractivity contribution in [3.05, 3.63) is 108 Å². The van der Waals surface area contributed by atoms with Crippen LogP contribution in [0.5, 0.6) is 17.2 Å². The van der Waals surface area contributed by atoms with Crippen LogP contribution in [0.4, 0.5) is 5.69 Å². The molecule has 248 valence electrons. The molecule has 8 nitrogen and oxygen atoms in total. The number of hydrogen-bond acceptors (Lipinski definition) is 7. The van der Waals surface area contributed by atoms with E-state index in [-0.39, 0.29) is 39.4 Å². The molecule has 1 N–H and O–H groups in total. The molecule has 0 radical (unpaired) electrons. The molecular formula is C38H42ClNO7. The van der Waals surface area contributed by atoms with E-state index in [2.05, 4.69) is 39.9 Å². The molecule has 2 unspecified atom stereocenters. The molecule has 0 bridgehead atoms. The second kappa shape index (κ2) is 14.1. The summed E-state index contributed by atoms with van der Waals surface area (Å²) in [6, 6.07) is 21.1. The van der Waals surface area contributed by atoms with E-state index >= 15 is 0 Å². The van der Waals surface area contributed by atoms with E-state index < -0.39 is 28.3 Å². The van der Waals surface area contributed by atoms with Crippen LogP contribution >= 0.6 is 11.6 Å². The number of carbonyl (C=O) groups is 3. The Morgan fingerprint density at radius 1 is 0.851 bits per heavy atom. The van der Waals surface area contributed by atoms with Crippen LogP contribution < -0.4 is 19.5 Å². The average molecular weight is 660 g/mol. The number of nitrogens with one attached hydrogen (secondary N) is 1. The minimum absolute atomic E-state index is 0.0321. The molecule has 0 heterocycles. The van der Waals surface area contributed by atoms with Crippen LogP contribution in [0.2, 0.25) is 0 Å². The highest BCUT2D eigenvalue weighted by Gasteiger charge is 2.54. The predicted octanol–water partition coefficient (Wildman–Crippen LogP) is 8.52. The van der Waals surface area contributed by atoms with E-state index in [9.17, 15) is 14.4 Å². The van der Waals surface area contributed by atoms with Gasteiger partial charge in [-0.2, -0.15) is 0 Å². The number of anilines is 1. The number of para-hydroxylation sites is 2. The van der Waals surface area contributed by atoms with Crippen LogP contribution in [0.25, 0.3) is 0 Å². The Hall–Kier alpha value is -4.56. The monoisotopic (exact) mass is 659 g/mol. The lowest BCUT2D eigenvalue weighted by Gasteiger charge is -2.44. The number of ether oxygens (including phenoxy) is 4. The number of ketones is 1. The van der Waals surface area contributed by atoms with E-state index in [0.717, 1.165) is 6.42 Å². The van der Waals surface area contributed by atoms with Crippen LogP contribution in [-0.2, 0) is 14.3 Å². The molecule has 0 aliphatic heterocycles. The number of esters is 1. The smallest absolute Gasteiger partial charge is 0.399 e. The fourth-order valence-corrected chi connectivity index (χ4v) is 5.98. The van der Waals surface area contributed by atoms with Crippen molar-refractivity contribution in [1.82, 2.24) is 0 Å². The van der Waals surface area contributed by atoms with E-state index in [1.54, 1.807) is 60.7 Å². The zero-order valence-corrected chi connectivity index (χ0v) is 28.6. The molecule has 1 aliphatic rings. The number of halogens is 1. The summed E-state index contributed by atoms with van der Waals surface area (Å²) in [5.74, 6) is -3.97. The second-order valence-corrected chi connectivity index (χ2v) is 14.0. The van der Waals surface area contributed by atoms with Crippen LogP contribution in [0, 0.1) is 10.8 Å². The largest absolute Gasteiger partial charge is 0.496 e. The molecule has 4 rings (SSSR count). The van der Waals surface area contributed by atoms with Gasteiger partial charge in [0, 0.05) is 12.6 Å². The SMILES string of the molecule is COc1ccccc1C(=O)C(OC1=CCC(Cl)(C(C)(C)CC(C)(C)C)C=C1)(Oc1ccc(OC(C)=O)cc1)C(=O)Nc1ccccc1. The zero-order chi connectivity index (χ0) is 34.5. The summed E-state index contributed by atoms with van der Waals surface area (Å²) in [6.45, 7) is 12.1. The van der Waals surface area contributed by atoms with E-state index in [0.29, 0.717) is 12.1 Å². The van der Waals surface area contributed by atoms with Crippen molar-refractivity contribution in [2.45, 2.75) is 65.0 Å². The minimum atomic E-state index is -2.59. The maximum absolute atomic E-state index is 14.7. The van der Waals surface area contributed by atoms with Crippen molar-refractivity contribution in [3.8, 4) is 17.2 Å². The Bertz CT molecular complexity index is 1660. The number of hydrogen-bond donors (Lipinski definition) is 1. The number of alkyl halides is 1. The van der Waals surface area contributed by atoms with Gasteiger partial charge in [-0.1, -0.05) is 71.0 Å². The molecule has 1 amide bonds. The topological polar surface area (TPSA) is 100 Å². The Labute approximate surface area is 281 Å². The van der Waals surface area contributed by atoms with Crippen molar-refractivity contribution in [1.29, 1.82) is 0 Å². The van der Waals surface area contributed by atoms with Gasteiger partial charge in [-0.05, 0) is 84.4 Å². The van der Waals surface area contributed by atoms with Crippen LogP contribution in [0.15, 0.2) is 103 Å². The molecular weight excluding hydrogens is 618 g/mol. The fourth-order valence-electron chi connectivity index (χ4n) is 5.78. The van der Waals surface area contributed by atoms with Gasteiger partial charge in [-0.15, -0.1) is 11.6 Å². The van der Waals surface area contributed by atoms with Crippen LogP contribution in [0.3, 0.4) is 0 Å². The summed E-state index contributed by atoms with van der Waals surface area (Å²) in [4.78, 5) is 39.8. The molecule has 3 aromatic carbocycles. The number of rotatable bonds is 12. The normalized spacial score (nSPS) is 17.5. The highest BCUT2D eigenvalue weighted by Crippen LogP contribution is 2.50. The van der Waals surface area contributed by atoms with Gasteiger partial charge in [-0.25, -0.2) is 0 Å². The van der Waals surface area contributed by atoms with Gasteiger partial charge in [0.05, 0.1) is 17.5 Å². The van der Waals surface area contributed by atoms with Gasteiger partial charge in [0.15, 0.2) is 0 Å². The van der Waals surface area contributed by atoms with Gasteiger partial charge in [0.25, 0.3) is 5.78 Å². The Morgan fingerprint density at radius 3 is 2.04 bits per heavy atom. The summed E-state index contributed by atoms with van der Waals surface area (Å²) in [7, 11) is 1.43. The summed E-state index contributed by atoms with van der Waals surface area (Å²) >= 11 is 7.24. The third-order valence-corrected chi connectivity index (χ3v) is 8.59. The molecule has 0 fully saturated rings. The first-order valence-corrected chi connectivity index (χ1v) is 15.7. The summed E-state index contributed by atoms with van der Waals surface area (Å²) in [5.41, 5.74) is 0.211. The summed E-state index contributed by atoms with van der Waals surface area (Å²) < 4.78 is 23.4. The predicted molar refractivity (Wildman–Crippen MR) is 183 cm³/mol.